The van der Waals surface area contributed by atoms with Crippen LogP contribution in [0.5, 0.6) is 0 Å². The van der Waals surface area contributed by atoms with Gasteiger partial charge in [0.1, 0.15) is 0 Å². The zero-order chi connectivity index (χ0) is 19.9. The SMILES string of the molecule is O=C(/C=C/c1ccc(Cl)cc1)NC(=S)Nc1ccccc1C(=O)N1CCCC1. The van der Waals surface area contributed by atoms with Crippen LogP contribution in [0.4, 0.5) is 5.69 Å². The Morgan fingerprint density at radius 3 is 2.43 bits per heavy atom. The lowest BCUT2D eigenvalue weighted by molar-refractivity contribution is -0.115. The number of para-hydroxylation sites is 1. The van der Waals surface area contributed by atoms with Crippen LogP contribution < -0.4 is 10.6 Å². The number of amides is 2. The first-order valence-corrected chi connectivity index (χ1v) is 9.75. The lowest BCUT2D eigenvalue weighted by Crippen LogP contribution is -2.34. The van der Waals surface area contributed by atoms with E-state index in [4.69, 9.17) is 23.8 Å². The summed E-state index contributed by atoms with van der Waals surface area (Å²) in [6.07, 6.45) is 5.10. The Labute approximate surface area is 174 Å². The Bertz CT molecular complexity index is 906. The molecular formula is C21H20ClN3O2S. The van der Waals surface area contributed by atoms with Crippen molar-refractivity contribution in [1.82, 2.24) is 10.2 Å². The van der Waals surface area contributed by atoms with E-state index in [2.05, 4.69) is 10.6 Å². The van der Waals surface area contributed by atoms with Crippen molar-refractivity contribution in [3.05, 3.63) is 70.8 Å². The number of hydrogen-bond donors (Lipinski definition) is 2. The van der Waals surface area contributed by atoms with Gasteiger partial charge >= 0.3 is 0 Å². The topological polar surface area (TPSA) is 61.4 Å². The number of anilines is 1. The molecule has 1 aliphatic rings. The molecule has 1 fully saturated rings. The number of likely N-dealkylation sites (tertiary alicyclic amines) is 1. The molecular weight excluding hydrogens is 394 g/mol. The van der Waals surface area contributed by atoms with Crippen LogP contribution >= 0.6 is 23.8 Å². The van der Waals surface area contributed by atoms with Crippen molar-refractivity contribution in [1.29, 1.82) is 0 Å². The monoisotopic (exact) mass is 413 g/mol. The Hall–Kier alpha value is -2.70. The van der Waals surface area contributed by atoms with Gasteiger partial charge in [0.25, 0.3) is 5.91 Å². The highest BCUT2D eigenvalue weighted by atomic mass is 35.5. The zero-order valence-corrected chi connectivity index (χ0v) is 16.7. The molecule has 0 aromatic heterocycles. The average Bonchev–Trinajstić information content (AvgIpc) is 3.22. The summed E-state index contributed by atoms with van der Waals surface area (Å²) in [4.78, 5) is 26.6. The first-order chi connectivity index (χ1) is 13.5. The van der Waals surface area contributed by atoms with E-state index in [-0.39, 0.29) is 16.9 Å². The predicted octanol–water partition coefficient (Wildman–Crippen LogP) is 4.10. The molecule has 28 heavy (non-hydrogen) atoms. The molecule has 0 aliphatic carbocycles. The molecule has 144 valence electrons. The van der Waals surface area contributed by atoms with Gasteiger partial charge < -0.3 is 10.2 Å². The number of carbonyl (C=O) groups is 2. The van der Waals surface area contributed by atoms with Crippen LogP contribution in [0.25, 0.3) is 6.08 Å². The molecule has 0 bridgehead atoms. The number of thiocarbonyl (C=S) groups is 1. The molecule has 5 nitrogen and oxygen atoms in total. The Balaban J connectivity index is 1.61. The molecule has 2 aromatic rings. The number of nitrogens with one attached hydrogen (secondary N) is 2. The number of benzene rings is 2. The molecule has 1 aliphatic heterocycles. The Kier molecular flexibility index (Phi) is 6.79. The van der Waals surface area contributed by atoms with Gasteiger partial charge in [-0.1, -0.05) is 35.9 Å². The van der Waals surface area contributed by atoms with Crippen LogP contribution in [0.3, 0.4) is 0 Å². The summed E-state index contributed by atoms with van der Waals surface area (Å²) < 4.78 is 0. The molecule has 0 radical (unpaired) electrons. The molecule has 2 aromatic carbocycles. The second kappa shape index (κ2) is 9.48. The maximum Gasteiger partial charge on any atom is 0.255 e. The minimum Gasteiger partial charge on any atom is -0.339 e. The van der Waals surface area contributed by atoms with Crippen LogP contribution in [-0.2, 0) is 4.79 Å². The fourth-order valence-corrected chi connectivity index (χ4v) is 3.26. The minimum absolute atomic E-state index is 0.0302. The van der Waals surface area contributed by atoms with E-state index >= 15 is 0 Å². The fraction of sp³-hybridized carbons (Fsp3) is 0.190. The molecule has 2 amide bonds. The van der Waals surface area contributed by atoms with E-state index in [0.29, 0.717) is 16.3 Å². The van der Waals surface area contributed by atoms with Crippen LogP contribution in [0.2, 0.25) is 5.02 Å². The molecule has 0 spiro atoms. The van der Waals surface area contributed by atoms with Crippen LogP contribution in [0.15, 0.2) is 54.6 Å². The Morgan fingerprint density at radius 1 is 1.04 bits per heavy atom. The highest BCUT2D eigenvalue weighted by Gasteiger charge is 2.21. The van der Waals surface area contributed by atoms with Crippen molar-refractivity contribution in [2.24, 2.45) is 0 Å². The van der Waals surface area contributed by atoms with Crippen molar-refractivity contribution in [3.63, 3.8) is 0 Å². The standard InChI is InChI=1S/C21H20ClN3O2S/c22-16-10-7-15(8-11-16)9-12-19(26)24-21(28)23-18-6-2-1-5-17(18)20(27)25-13-3-4-14-25/h1-2,5-12H,3-4,13-14H2,(H2,23,24,26,28)/b12-9+. The normalized spacial score (nSPS) is 13.5. The molecule has 2 N–H and O–H groups in total. The summed E-state index contributed by atoms with van der Waals surface area (Å²) in [5.41, 5.74) is 1.96. The van der Waals surface area contributed by atoms with Crippen molar-refractivity contribution in [2.75, 3.05) is 18.4 Å². The summed E-state index contributed by atoms with van der Waals surface area (Å²) >= 11 is 11.1. The molecule has 1 heterocycles. The smallest absolute Gasteiger partial charge is 0.255 e. The van der Waals surface area contributed by atoms with Gasteiger partial charge in [-0.2, -0.15) is 0 Å². The second-order valence-corrected chi connectivity index (χ2v) is 7.22. The molecule has 3 rings (SSSR count). The first kappa shape index (κ1) is 20.0. The van der Waals surface area contributed by atoms with Gasteiger partial charge in [-0.05, 0) is 61.0 Å². The number of rotatable bonds is 4. The van der Waals surface area contributed by atoms with Gasteiger partial charge in [-0.15, -0.1) is 0 Å². The van der Waals surface area contributed by atoms with Crippen molar-refractivity contribution in [2.45, 2.75) is 12.8 Å². The number of halogens is 1. The molecule has 0 unspecified atom stereocenters. The van der Waals surface area contributed by atoms with E-state index in [1.807, 2.05) is 29.2 Å². The largest absolute Gasteiger partial charge is 0.339 e. The molecule has 7 heteroatoms. The fourth-order valence-electron chi connectivity index (χ4n) is 2.92. The van der Waals surface area contributed by atoms with Crippen LogP contribution in [0.1, 0.15) is 28.8 Å². The number of carbonyl (C=O) groups excluding carboxylic acids is 2. The third-order valence-electron chi connectivity index (χ3n) is 4.33. The number of hydrogen-bond acceptors (Lipinski definition) is 3. The van der Waals surface area contributed by atoms with Crippen LogP contribution in [0, 0.1) is 0 Å². The van der Waals surface area contributed by atoms with Gasteiger partial charge in [0, 0.05) is 24.2 Å². The molecule has 0 saturated carbocycles. The van der Waals surface area contributed by atoms with Gasteiger partial charge in [-0.3, -0.25) is 14.9 Å². The minimum atomic E-state index is -0.365. The lowest BCUT2D eigenvalue weighted by Gasteiger charge is -2.18. The summed E-state index contributed by atoms with van der Waals surface area (Å²) in [7, 11) is 0. The zero-order valence-electron chi connectivity index (χ0n) is 15.2. The van der Waals surface area contributed by atoms with E-state index in [9.17, 15) is 9.59 Å². The second-order valence-electron chi connectivity index (χ2n) is 6.37. The number of nitrogens with zero attached hydrogens (tertiary/aromatic N) is 1. The molecule has 1 saturated heterocycles. The lowest BCUT2D eigenvalue weighted by atomic mass is 10.1. The average molecular weight is 414 g/mol. The van der Waals surface area contributed by atoms with Gasteiger partial charge in [0.2, 0.25) is 5.91 Å². The van der Waals surface area contributed by atoms with Crippen LogP contribution in [-0.4, -0.2) is 34.9 Å². The van der Waals surface area contributed by atoms with E-state index in [0.717, 1.165) is 31.5 Å². The Morgan fingerprint density at radius 2 is 1.71 bits per heavy atom. The van der Waals surface area contributed by atoms with E-state index in [1.165, 1.54) is 6.08 Å². The van der Waals surface area contributed by atoms with E-state index < -0.39 is 0 Å². The predicted molar refractivity (Wildman–Crippen MR) is 116 cm³/mol. The summed E-state index contributed by atoms with van der Waals surface area (Å²) in [5, 5.41) is 6.31. The van der Waals surface area contributed by atoms with Gasteiger partial charge in [0.05, 0.1) is 11.3 Å². The third kappa shape index (κ3) is 5.41. The van der Waals surface area contributed by atoms with E-state index in [1.54, 1.807) is 30.3 Å². The highest BCUT2D eigenvalue weighted by Crippen LogP contribution is 2.20. The highest BCUT2D eigenvalue weighted by molar-refractivity contribution is 7.80. The summed E-state index contributed by atoms with van der Waals surface area (Å²) in [6, 6.07) is 14.3. The van der Waals surface area contributed by atoms with Gasteiger partial charge in [0.15, 0.2) is 5.11 Å². The van der Waals surface area contributed by atoms with Crippen molar-refractivity contribution in [3.8, 4) is 0 Å². The first-order valence-electron chi connectivity index (χ1n) is 8.97. The van der Waals surface area contributed by atoms with Crippen molar-refractivity contribution >= 4 is 52.5 Å². The van der Waals surface area contributed by atoms with Crippen molar-refractivity contribution < 1.29 is 9.59 Å². The third-order valence-corrected chi connectivity index (χ3v) is 4.79. The maximum atomic E-state index is 12.7. The quantitative estimate of drug-likeness (QED) is 0.585. The maximum absolute atomic E-state index is 12.7. The summed E-state index contributed by atoms with van der Waals surface area (Å²) in [5.74, 6) is -0.395. The molecule has 0 atom stereocenters. The summed E-state index contributed by atoms with van der Waals surface area (Å²) in [6.45, 7) is 1.54. The van der Waals surface area contributed by atoms with Gasteiger partial charge in [-0.25, -0.2) is 0 Å².